The van der Waals surface area contributed by atoms with Crippen molar-refractivity contribution in [2.45, 2.75) is 43.2 Å². The van der Waals surface area contributed by atoms with Crippen molar-refractivity contribution in [2.75, 3.05) is 26.2 Å². The molecule has 0 unspecified atom stereocenters. The Morgan fingerprint density at radius 1 is 1.12 bits per heavy atom. The summed E-state index contributed by atoms with van der Waals surface area (Å²) in [6, 6.07) is 0. The Hall–Kier alpha value is -1.78. The van der Waals surface area contributed by atoms with Crippen LogP contribution in [-0.2, 0) is 5.41 Å². The number of amides is 1. The lowest BCUT2D eigenvalue weighted by atomic mass is 9.77. The van der Waals surface area contributed by atoms with Gasteiger partial charge in [0.2, 0.25) is 0 Å². The summed E-state index contributed by atoms with van der Waals surface area (Å²) < 4.78 is 71.9. The van der Waals surface area contributed by atoms with E-state index in [4.69, 9.17) is 4.52 Å². The molecule has 1 aromatic rings. The molecule has 3 rings (SSSR count). The fourth-order valence-corrected chi connectivity index (χ4v) is 3.16. The van der Waals surface area contributed by atoms with E-state index < -0.39 is 48.0 Å². The molecule has 2 saturated heterocycles. The predicted octanol–water partition coefficient (Wildman–Crippen LogP) is 2.12. The van der Waals surface area contributed by atoms with Crippen molar-refractivity contribution in [3.8, 4) is 0 Å². The van der Waals surface area contributed by atoms with Crippen LogP contribution in [0.1, 0.15) is 42.2 Å². The van der Waals surface area contributed by atoms with Crippen molar-refractivity contribution in [2.24, 2.45) is 0 Å². The number of carbonyl (C=O) groups excluding carboxylic acids is 1. The van der Waals surface area contributed by atoms with Gasteiger partial charge in [0, 0.05) is 25.9 Å². The molecule has 0 atom stereocenters. The maximum atomic E-state index is 13.6. The Morgan fingerprint density at radius 3 is 2.28 bits per heavy atom. The summed E-state index contributed by atoms with van der Waals surface area (Å²) in [6.07, 6.45) is -6.12. The molecule has 0 radical (unpaired) electrons. The number of halogens is 5. The van der Waals surface area contributed by atoms with Crippen LogP contribution >= 0.6 is 0 Å². The summed E-state index contributed by atoms with van der Waals surface area (Å²) in [5.41, 5.74) is -2.27. The highest BCUT2D eigenvalue weighted by Gasteiger charge is 2.59. The molecule has 11 heteroatoms. The topological polar surface area (TPSA) is 71.3 Å². The number of alkyl halides is 5. The average molecular weight is 368 g/mol. The smallest absolute Gasteiger partial charge is 0.334 e. The first kappa shape index (κ1) is 18.0. The van der Waals surface area contributed by atoms with Gasteiger partial charge in [-0.05, 0) is 25.9 Å². The van der Waals surface area contributed by atoms with E-state index in [2.05, 4.69) is 15.5 Å². The molecule has 0 aliphatic carbocycles. The van der Waals surface area contributed by atoms with Gasteiger partial charge in [-0.3, -0.25) is 4.79 Å². The standard InChI is InChI=1S/C14H17F5N4O2/c15-13(16)3-7-23(8-4-13)10(24)9-21-11(22-25-9)12(14(17,18)19)1-5-20-6-2-12/h20H,1-8H2. The Bertz CT molecular complexity index is 629. The first-order chi connectivity index (χ1) is 11.6. The molecule has 2 aliphatic rings. The quantitative estimate of drug-likeness (QED) is 0.810. The summed E-state index contributed by atoms with van der Waals surface area (Å²) >= 11 is 0. The van der Waals surface area contributed by atoms with E-state index in [1.807, 2.05) is 0 Å². The number of nitrogens with zero attached hydrogens (tertiary/aromatic N) is 3. The Morgan fingerprint density at radius 2 is 1.72 bits per heavy atom. The minimum absolute atomic E-state index is 0.137. The van der Waals surface area contributed by atoms with Gasteiger partial charge < -0.3 is 14.7 Å². The molecule has 3 heterocycles. The number of rotatable bonds is 2. The van der Waals surface area contributed by atoms with Crippen LogP contribution in [0.5, 0.6) is 0 Å². The van der Waals surface area contributed by atoms with Gasteiger partial charge in [-0.25, -0.2) is 8.78 Å². The fourth-order valence-electron chi connectivity index (χ4n) is 3.16. The van der Waals surface area contributed by atoms with Crippen LogP contribution in [0.25, 0.3) is 0 Å². The van der Waals surface area contributed by atoms with E-state index in [1.165, 1.54) is 0 Å². The molecule has 2 fully saturated rings. The van der Waals surface area contributed by atoms with Crippen LogP contribution in [0.4, 0.5) is 22.0 Å². The van der Waals surface area contributed by atoms with Gasteiger partial charge >= 0.3 is 18.0 Å². The van der Waals surface area contributed by atoms with Gasteiger partial charge in [0.15, 0.2) is 5.82 Å². The molecule has 140 valence electrons. The van der Waals surface area contributed by atoms with E-state index in [-0.39, 0.29) is 39.0 Å². The molecule has 1 N–H and O–H groups in total. The fraction of sp³-hybridized carbons (Fsp3) is 0.786. The van der Waals surface area contributed by atoms with Gasteiger partial charge in [0.1, 0.15) is 5.41 Å². The third-order valence-electron chi connectivity index (χ3n) is 4.82. The lowest BCUT2D eigenvalue weighted by Crippen LogP contribution is -2.50. The molecule has 0 aromatic carbocycles. The Balaban J connectivity index is 1.80. The van der Waals surface area contributed by atoms with Crippen molar-refractivity contribution in [1.29, 1.82) is 0 Å². The summed E-state index contributed by atoms with van der Waals surface area (Å²) in [5.74, 6) is -4.83. The lowest BCUT2D eigenvalue weighted by Gasteiger charge is -2.36. The van der Waals surface area contributed by atoms with E-state index in [9.17, 15) is 26.7 Å². The SMILES string of the molecule is O=C(c1nc(C2(C(F)(F)F)CCNCC2)no1)N1CCC(F)(F)CC1. The van der Waals surface area contributed by atoms with Crippen molar-refractivity contribution in [3.63, 3.8) is 0 Å². The summed E-state index contributed by atoms with van der Waals surface area (Å²) in [6.45, 7) is -0.146. The van der Waals surface area contributed by atoms with Crippen LogP contribution in [-0.4, -0.2) is 59.2 Å². The first-order valence-corrected chi connectivity index (χ1v) is 7.93. The van der Waals surface area contributed by atoms with Crippen LogP contribution in [0, 0.1) is 0 Å². The number of nitrogens with one attached hydrogen (secondary N) is 1. The second-order valence-corrected chi connectivity index (χ2v) is 6.40. The monoisotopic (exact) mass is 368 g/mol. The van der Waals surface area contributed by atoms with Gasteiger partial charge in [-0.2, -0.15) is 18.2 Å². The van der Waals surface area contributed by atoms with Gasteiger partial charge in [0.25, 0.3) is 5.92 Å². The minimum atomic E-state index is -4.59. The number of hydrogen-bond donors (Lipinski definition) is 1. The van der Waals surface area contributed by atoms with Gasteiger partial charge in [0.05, 0.1) is 0 Å². The normalized spacial score (nSPS) is 23.5. The molecule has 1 aromatic heterocycles. The van der Waals surface area contributed by atoms with Crippen LogP contribution in [0.3, 0.4) is 0 Å². The zero-order valence-electron chi connectivity index (χ0n) is 13.2. The summed E-state index contributed by atoms with van der Waals surface area (Å²) in [7, 11) is 0. The lowest BCUT2D eigenvalue weighted by molar-refractivity contribution is -0.200. The summed E-state index contributed by atoms with van der Waals surface area (Å²) in [5, 5.41) is 6.23. The Labute approximate surface area is 139 Å². The van der Waals surface area contributed by atoms with Crippen LogP contribution < -0.4 is 5.32 Å². The van der Waals surface area contributed by atoms with Crippen molar-refractivity contribution in [3.05, 3.63) is 11.7 Å². The molecule has 6 nitrogen and oxygen atoms in total. The van der Waals surface area contributed by atoms with Gasteiger partial charge in [-0.15, -0.1) is 0 Å². The van der Waals surface area contributed by atoms with Crippen molar-refractivity contribution < 1.29 is 31.3 Å². The molecule has 25 heavy (non-hydrogen) atoms. The zero-order chi connectivity index (χ0) is 18.3. The average Bonchev–Trinajstić information content (AvgIpc) is 3.04. The van der Waals surface area contributed by atoms with E-state index in [0.717, 1.165) is 4.90 Å². The third kappa shape index (κ3) is 3.33. The summed E-state index contributed by atoms with van der Waals surface area (Å²) in [4.78, 5) is 17.0. The van der Waals surface area contributed by atoms with E-state index in [0.29, 0.717) is 0 Å². The Kier molecular flexibility index (Phi) is 4.46. The number of piperidine rings is 2. The second-order valence-electron chi connectivity index (χ2n) is 6.40. The maximum Gasteiger partial charge on any atom is 0.401 e. The molecular formula is C14H17F5N4O2. The molecule has 2 aliphatic heterocycles. The van der Waals surface area contributed by atoms with E-state index >= 15 is 0 Å². The molecule has 1 amide bonds. The number of carbonyl (C=O) groups is 1. The highest BCUT2D eigenvalue weighted by Crippen LogP contribution is 2.46. The minimum Gasteiger partial charge on any atom is -0.334 e. The number of aromatic nitrogens is 2. The second kappa shape index (κ2) is 6.19. The first-order valence-electron chi connectivity index (χ1n) is 7.93. The predicted molar refractivity (Wildman–Crippen MR) is 74.2 cm³/mol. The molecule has 0 bridgehead atoms. The zero-order valence-corrected chi connectivity index (χ0v) is 13.2. The largest absolute Gasteiger partial charge is 0.401 e. The number of likely N-dealkylation sites (tertiary alicyclic amines) is 1. The highest BCUT2D eigenvalue weighted by atomic mass is 19.4. The van der Waals surface area contributed by atoms with Crippen LogP contribution in [0.15, 0.2) is 4.52 Å². The van der Waals surface area contributed by atoms with E-state index in [1.54, 1.807) is 0 Å². The molecule has 0 spiro atoms. The molecule has 0 saturated carbocycles. The van der Waals surface area contributed by atoms with Crippen LogP contribution in [0.2, 0.25) is 0 Å². The van der Waals surface area contributed by atoms with Crippen molar-refractivity contribution >= 4 is 5.91 Å². The van der Waals surface area contributed by atoms with Crippen molar-refractivity contribution in [1.82, 2.24) is 20.4 Å². The number of hydrogen-bond acceptors (Lipinski definition) is 5. The van der Waals surface area contributed by atoms with Gasteiger partial charge in [-0.1, -0.05) is 5.16 Å². The third-order valence-corrected chi connectivity index (χ3v) is 4.82. The maximum absolute atomic E-state index is 13.6. The highest BCUT2D eigenvalue weighted by molar-refractivity contribution is 5.89. The molecular weight excluding hydrogens is 351 g/mol.